The molecule has 0 unspecified atom stereocenters. The van der Waals surface area contributed by atoms with Crippen molar-refractivity contribution in [1.82, 2.24) is 4.90 Å². The van der Waals surface area contributed by atoms with Gasteiger partial charge < -0.3 is 4.55 Å². The largest absolute Gasteiger partial charge is 0.741 e. The topological polar surface area (TPSA) is 63.5 Å². The number of nitrogens with zero attached hydrogens (tertiary/aromatic N) is 2. The van der Waals surface area contributed by atoms with Crippen molar-refractivity contribution in [3.8, 4) is 0 Å². The molecule has 0 amide bonds. The Morgan fingerprint density at radius 1 is 0.692 bits per heavy atom. The fourth-order valence-electron chi connectivity index (χ4n) is 3.19. The average molecular weight is 608 g/mol. The van der Waals surface area contributed by atoms with Crippen molar-refractivity contribution in [2.45, 2.75) is 18.3 Å². The molecule has 1 aliphatic heterocycles. The predicted octanol–water partition coefficient (Wildman–Crippen LogP) is 4.27. The summed E-state index contributed by atoms with van der Waals surface area (Å²) in [5, 5.41) is 0. The summed E-state index contributed by atoms with van der Waals surface area (Å²) in [6.45, 7) is 0.202. The van der Waals surface area contributed by atoms with Crippen LogP contribution < -0.4 is 0 Å². The monoisotopic (exact) mass is 608 g/mol. The van der Waals surface area contributed by atoms with Crippen LogP contribution >= 0.6 is 0 Å². The molecule has 5 nitrogen and oxygen atoms in total. The summed E-state index contributed by atoms with van der Waals surface area (Å²) < 4.78 is 194. The van der Waals surface area contributed by atoms with Crippen LogP contribution in [0.5, 0.6) is 0 Å². The normalized spacial score (nSPS) is 13.9. The number of halogens is 13. The highest BCUT2D eigenvalue weighted by molar-refractivity contribution is 7.86. The van der Waals surface area contributed by atoms with Crippen molar-refractivity contribution in [2.75, 3.05) is 26.2 Å². The fraction of sp³-hybridized carbons (Fsp3) is 0.350. The number of hydrogen-bond acceptors (Lipinski definition) is 4. The molecule has 3 rings (SSSR count). The summed E-state index contributed by atoms with van der Waals surface area (Å²) >= 11 is 0. The summed E-state index contributed by atoms with van der Waals surface area (Å²) in [5.41, 5.74) is -7.61. The van der Waals surface area contributed by atoms with Gasteiger partial charge in [-0.1, -0.05) is 0 Å². The van der Waals surface area contributed by atoms with Crippen molar-refractivity contribution in [3.05, 3.63) is 69.3 Å². The third-order valence-corrected chi connectivity index (χ3v) is 5.75. The first-order valence-corrected chi connectivity index (χ1v) is 11.6. The Morgan fingerprint density at radius 2 is 1.03 bits per heavy atom. The van der Waals surface area contributed by atoms with E-state index in [0.29, 0.717) is 0 Å². The van der Waals surface area contributed by atoms with Crippen LogP contribution in [-0.2, 0) is 23.0 Å². The van der Waals surface area contributed by atoms with Crippen LogP contribution in [0.2, 0.25) is 0 Å². The highest BCUT2D eigenvalue weighted by Gasteiger charge is 2.37. The van der Waals surface area contributed by atoms with E-state index in [1.807, 2.05) is 0 Å². The molecule has 0 bridgehead atoms. The minimum absolute atomic E-state index is 0.141. The second kappa shape index (κ2) is 12.0. The van der Waals surface area contributed by atoms with Crippen LogP contribution in [0.15, 0.2) is 0 Å². The molecule has 39 heavy (non-hydrogen) atoms. The zero-order valence-electron chi connectivity index (χ0n) is 18.8. The van der Waals surface area contributed by atoms with Gasteiger partial charge in [-0.3, -0.25) is 9.48 Å². The molecular weight excluding hydrogens is 595 g/mol. The lowest BCUT2D eigenvalue weighted by Crippen LogP contribution is -2.23. The van der Waals surface area contributed by atoms with Crippen LogP contribution in [0.4, 0.5) is 57.1 Å². The molecular formula is C20H13F13N2O3S. The van der Waals surface area contributed by atoms with E-state index in [-0.39, 0.29) is 26.2 Å². The Morgan fingerprint density at radius 3 is 1.38 bits per heavy atom. The third-order valence-electron chi connectivity index (χ3n) is 5.18. The predicted molar refractivity (Wildman–Crippen MR) is 103 cm³/mol. The molecule has 0 spiro atoms. The van der Waals surface area contributed by atoms with E-state index < -0.39 is 97.8 Å². The zero-order valence-corrected chi connectivity index (χ0v) is 19.6. The zero-order chi connectivity index (χ0) is 30.0. The van der Waals surface area contributed by atoms with Gasteiger partial charge in [0.2, 0.25) is 18.0 Å². The van der Waals surface area contributed by atoms with Gasteiger partial charge in [-0.05, 0) is 0 Å². The van der Waals surface area contributed by atoms with Gasteiger partial charge in [0.05, 0.1) is 13.1 Å². The van der Waals surface area contributed by atoms with Gasteiger partial charge in [-0.15, -0.1) is 0 Å². The smallest absolute Gasteiger partial charge is 0.485 e. The van der Waals surface area contributed by atoms with E-state index in [1.165, 1.54) is 15.8 Å². The van der Waals surface area contributed by atoms with Crippen molar-refractivity contribution in [1.29, 1.82) is 0 Å². The minimum atomic E-state index is -6.09. The lowest BCUT2D eigenvalue weighted by atomic mass is 10.1. The number of alkyl halides is 3. The maximum absolute atomic E-state index is 13.7. The van der Waals surface area contributed by atoms with Gasteiger partial charge in [0.25, 0.3) is 0 Å². The molecule has 2 aromatic carbocycles. The van der Waals surface area contributed by atoms with Gasteiger partial charge in [-0.2, -0.15) is 13.2 Å². The molecule has 1 heterocycles. The minimum Gasteiger partial charge on any atom is -0.741 e. The third kappa shape index (κ3) is 7.11. The molecule has 0 aromatic heterocycles. The highest BCUT2D eigenvalue weighted by atomic mass is 32.2. The second-order valence-corrected chi connectivity index (χ2v) is 9.06. The molecule has 0 atom stereocenters. The maximum Gasteiger partial charge on any atom is 0.485 e. The van der Waals surface area contributed by atoms with E-state index >= 15 is 0 Å². The Bertz CT molecular complexity index is 1340. The molecule has 0 aliphatic carbocycles. The van der Waals surface area contributed by atoms with E-state index in [2.05, 4.69) is 0 Å². The van der Waals surface area contributed by atoms with Crippen LogP contribution in [0.1, 0.15) is 11.1 Å². The van der Waals surface area contributed by atoms with Crippen LogP contribution in [0.25, 0.3) is 0 Å². The summed E-state index contributed by atoms with van der Waals surface area (Å²) in [5.74, 6) is -20.5. The standard InChI is InChI=1S/C19H13F10N2.CHF3O3S/c20-10-8(11(21)15(25)18(28)14(10)24)1-3-30-5-6-31(7-30)4-2-9-12(22)16(26)19(29)17(27)13(9)23;2-1(3,4)8(5,6)7/h7H,1-6H2;(H,5,6,7)/q+1;/p-1. The maximum atomic E-state index is 13.7. The first-order chi connectivity index (χ1) is 17.8. The van der Waals surface area contributed by atoms with Crippen molar-refractivity contribution >= 4 is 16.5 Å². The quantitative estimate of drug-likeness (QED) is 0.123. The Hall–Kier alpha value is -3.09. The van der Waals surface area contributed by atoms with E-state index in [4.69, 9.17) is 13.0 Å². The Kier molecular flexibility index (Phi) is 9.86. The Balaban J connectivity index is 0.000000580. The van der Waals surface area contributed by atoms with Crippen molar-refractivity contribution in [3.63, 3.8) is 0 Å². The second-order valence-electron chi connectivity index (χ2n) is 7.68. The van der Waals surface area contributed by atoms with Gasteiger partial charge in [0.1, 0.15) is 13.1 Å². The summed E-state index contributed by atoms with van der Waals surface area (Å²) in [6, 6.07) is 0. The number of hydrogen-bond donors (Lipinski definition) is 0. The van der Waals surface area contributed by atoms with Gasteiger partial charge in [-0.25, -0.2) is 52.3 Å². The SMILES string of the molecule is Fc1c(F)c(F)c(CCN2C=[N+](CCc3c(F)c(F)c(F)c(F)c3F)CC2)c(F)c1F.O=S(=O)([O-])C(F)(F)F. The molecule has 0 radical (unpaired) electrons. The molecule has 0 fully saturated rings. The first-order valence-electron chi connectivity index (χ1n) is 10.1. The lowest BCUT2D eigenvalue weighted by molar-refractivity contribution is -0.513. The average Bonchev–Trinajstić information content (AvgIpc) is 3.30. The number of benzene rings is 2. The molecule has 218 valence electrons. The number of rotatable bonds is 6. The van der Waals surface area contributed by atoms with Crippen molar-refractivity contribution < 1.29 is 74.6 Å². The lowest BCUT2D eigenvalue weighted by Gasteiger charge is -2.10. The Labute approximate surface area is 210 Å². The van der Waals surface area contributed by atoms with Crippen molar-refractivity contribution in [2.24, 2.45) is 0 Å². The first kappa shape index (κ1) is 32.1. The molecule has 0 saturated heterocycles. The van der Waals surface area contributed by atoms with Crippen LogP contribution in [0, 0.1) is 58.2 Å². The summed E-state index contributed by atoms with van der Waals surface area (Å²) in [7, 11) is -6.09. The fourth-order valence-corrected chi connectivity index (χ4v) is 3.19. The van der Waals surface area contributed by atoms with Gasteiger partial charge >= 0.3 is 5.51 Å². The molecule has 0 saturated carbocycles. The van der Waals surface area contributed by atoms with E-state index in [0.717, 1.165) is 0 Å². The van der Waals surface area contributed by atoms with Gasteiger partial charge in [0.15, 0.2) is 56.7 Å². The highest BCUT2D eigenvalue weighted by Crippen LogP contribution is 2.25. The molecule has 19 heteroatoms. The van der Waals surface area contributed by atoms with Crippen LogP contribution in [0.3, 0.4) is 0 Å². The molecule has 0 N–H and O–H groups in total. The van der Waals surface area contributed by atoms with Crippen LogP contribution in [-0.4, -0.2) is 60.5 Å². The van der Waals surface area contributed by atoms with E-state index in [9.17, 15) is 57.1 Å². The summed E-state index contributed by atoms with van der Waals surface area (Å²) in [4.78, 5) is 1.45. The molecule has 1 aliphatic rings. The van der Waals surface area contributed by atoms with Gasteiger partial charge in [0, 0.05) is 24.0 Å². The summed E-state index contributed by atoms with van der Waals surface area (Å²) in [6.07, 6.45) is 0.333. The molecule has 2 aromatic rings. The van der Waals surface area contributed by atoms with E-state index in [1.54, 1.807) is 0 Å².